The van der Waals surface area contributed by atoms with E-state index in [1.54, 1.807) is 6.26 Å². The summed E-state index contributed by atoms with van der Waals surface area (Å²) in [6.45, 7) is 8.56. The van der Waals surface area contributed by atoms with Gasteiger partial charge in [0.1, 0.15) is 0 Å². The maximum atomic E-state index is 5.24. The molecule has 0 aromatic rings. The van der Waals surface area contributed by atoms with E-state index in [0.717, 1.165) is 24.4 Å². The van der Waals surface area contributed by atoms with E-state index in [0.29, 0.717) is 0 Å². The van der Waals surface area contributed by atoms with Gasteiger partial charge >= 0.3 is 0 Å². The SMILES string of the molecule is C=COCC1CC2CCC1C2=C. The summed E-state index contributed by atoms with van der Waals surface area (Å²) in [5, 5.41) is 0. The molecule has 2 fully saturated rings. The van der Waals surface area contributed by atoms with E-state index in [1.165, 1.54) is 24.8 Å². The van der Waals surface area contributed by atoms with Gasteiger partial charge in [-0.2, -0.15) is 0 Å². The molecule has 1 nitrogen and oxygen atoms in total. The average molecular weight is 164 g/mol. The Morgan fingerprint density at radius 3 is 2.83 bits per heavy atom. The molecule has 0 saturated heterocycles. The van der Waals surface area contributed by atoms with Crippen molar-refractivity contribution in [3.63, 3.8) is 0 Å². The molecule has 0 N–H and O–H groups in total. The summed E-state index contributed by atoms with van der Waals surface area (Å²) in [6, 6.07) is 0. The molecule has 0 aromatic carbocycles. The molecule has 0 aliphatic heterocycles. The van der Waals surface area contributed by atoms with Crippen LogP contribution in [0.15, 0.2) is 25.0 Å². The highest BCUT2D eigenvalue weighted by atomic mass is 16.5. The fourth-order valence-electron chi connectivity index (χ4n) is 2.77. The highest BCUT2D eigenvalue weighted by Gasteiger charge is 2.42. The molecule has 3 atom stereocenters. The predicted molar refractivity (Wildman–Crippen MR) is 49.6 cm³/mol. The fraction of sp³-hybridized carbons (Fsp3) is 0.636. The Hall–Kier alpha value is -0.720. The van der Waals surface area contributed by atoms with Crippen LogP contribution < -0.4 is 0 Å². The van der Waals surface area contributed by atoms with Gasteiger partial charge in [0.05, 0.1) is 12.9 Å². The van der Waals surface area contributed by atoms with Crippen molar-refractivity contribution in [3.8, 4) is 0 Å². The van der Waals surface area contributed by atoms with Crippen molar-refractivity contribution in [2.45, 2.75) is 19.3 Å². The molecule has 12 heavy (non-hydrogen) atoms. The summed E-state index contributed by atoms with van der Waals surface area (Å²) in [4.78, 5) is 0. The molecule has 0 heterocycles. The van der Waals surface area contributed by atoms with Crippen molar-refractivity contribution < 1.29 is 4.74 Å². The van der Waals surface area contributed by atoms with E-state index in [9.17, 15) is 0 Å². The van der Waals surface area contributed by atoms with Crippen molar-refractivity contribution >= 4 is 0 Å². The minimum absolute atomic E-state index is 0.731. The number of hydrogen-bond donors (Lipinski definition) is 0. The zero-order valence-corrected chi connectivity index (χ0v) is 7.46. The van der Waals surface area contributed by atoms with E-state index in [-0.39, 0.29) is 0 Å². The average Bonchev–Trinajstić information content (AvgIpc) is 2.58. The highest BCUT2D eigenvalue weighted by Crippen LogP contribution is 2.51. The van der Waals surface area contributed by atoms with Gasteiger partial charge in [0.2, 0.25) is 0 Å². The van der Waals surface area contributed by atoms with Gasteiger partial charge in [-0.3, -0.25) is 0 Å². The molecular weight excluding hydrogens is 148 g/mol. The van der Waals surface area contributed by atoms with Crippen molar-refractivity contribution in [3.05, 3.63) is 25.0 Å². The van der Waals surface area contributed by atoms with Gasteiger partial charge in [0, 0.05) is 5.92 Å². The minimum atomic E-state index is 0.731. The Labute approximate surface area is 74.1 Å². The molecular formula is C11H16O. The van der Waals surface area contributed by atoms with Crippen LogP contribution in [0, 0.1) is 17.8 Å². The van der Waals surface area contributed by atoms with E-state index in [4.69, 9.17) is 4.74 Å². The van der Waals surface area contributed by atoms with Crippen LogP contribution in [0.2, 0.25) is 0 Å². The van der Waals surface area contributed by atoms with Crippen LogP contribution >= 0.6 is 0 Å². The van der Waals surface area contributed by atoms with Crippen LogP contribution in [0.1, 0.15) is 19.3 Å². The van der Waals surface area contributed by atoms with Gasteiger partial charge in [-0.1, -0.05) is 18.7 Å². The van der Waals surface area contributed by atoms with Crippen molar-refractivity contribution in [2.75, 3.05) is 6.61 Å². The molecule has 2 bridgehead atoms. The van der Waals surface area contributed by atoms with Gasteiger partial charge < -0.3 is 4.74 Å². The van der Waals surface area contributed by atoms with Crippen molar-refractivity contribution in [2.24, 2.45) is 17.8 Å². The zero-order chi connectivity index (χ0) is 8.55. The quantitative estimate of drug-likeness (QED) is 0.460. The Morgan fingerprint density at radius 2 is 2.33 bits per heavy atom. The predicted octanol–water partition coefficient (Wildman–Crippen LogP) is 2.75. The van der Waals surface area contributed by atoms with Gasteiger partial charge in [0.25, 0.3) is 0 Å². The van der Waals surface area contributed by atoms with Crippen LogP contribution in [0.5, 0.6) is 0 Å². The lowest BCUT2D eigenvalue weighted by molar-refractivity contribution is 0.158. The maximum Gasteiger partial charge on any atom is 0.0907 e. The third-order valence-electron chi connectivity index (χ3n) is 3.41. The van der Waals surface area contributed by atoms with E-state index >= 15 is 0 Å². The summed E-state index contributed by atoms with van der Waals surface area (Å²) >= 11 is 0. The molecule has 66 valence electrons. The standard InChI is InChI=1S/C11H16O/c1-3-12-7-10-6-9-4-5-11(10)8(9)2/h3,9-11H,1-2,4-7H2. The van der Waals surface area contributed by atoms with Crippen LogP contribution in [0.4, 0.5) is 0 Å². The summed E-state index contributed by atoms with van der Waals surface area (Å²) in [5.74, 6) is 2.30. The Kier molecular flexibility index (Phi) is 1.95. The minimum Gasteiger partial charge on any atom is -0.502 e. The lowest BCUT2D eigenvalue weighted by Crippen LogP contribution is -2.15. The molecule has 0 amide bonds. The molecule has 0 aromatic heterocycles. The first kappa shape index (κ1) is 7.90. The number of fused-ring (bicyclic) bond motifs is 2. The van der Waals surface area contributed by atoms with Gasteiger partial charge in [0.15, 0.2) is 0 Å². The van der Waals surface area contributed by atoms with Gasteiger partial charge in [-0.25, -0.2) is 0 Å². The Bertz CT molecular complexity index is 207. The molecule has 2 rings (SSSR count). The molecule has 2 aliphatic carbocycles. The molecule has 2 saturated carbocycles. The van der Waals surface area contributed by atoms with Gasteiger partial charge in [-0.15, -0.1) is 0 Å². The molecule has 0 radical (unpaired) electrons. The topological polar surface area (TPSA) is 9.23 Å². The summed E-state index contributed by atoms with van der Waals surface area (Å²) < 4.78 is 5.24. The summed E-state index contributed by atoms with van der Waals surface area (Å²) in [5.41, 5.74) is 1.49. The number of rotatable bonds is 3. The Morgan fingerprint density at radius 1 is 1.50 bits per heavy atom. The number of hydrogen-bond acceptors (Lipinski definition) is 1. The largest absolute Gasteiger partial charge is 0.502 e. The molecule has 1 heteroatoms. The van der Waals surface area contributed by atoms with Crippen molar-refractivity contribution in [1.82, 2.24) is 0 Å². The van der Waals surface area contributed by atoms with Crippen LogP contribution in [0.3, 0.4) is 0 Å². The third-order valence-corrected chi connectivity index (χ3v) is 3.41. The summed E-state index contributed by atoms with van der Waals surface area (Å²) in [7, 11) is 0. The smallest absolute Gasteiger partial charge is 0.0907 e. The first-order valence-corrected chi connectivity index (χ1v) is 4.74. The fourth-order valence-corrected chi connectivity index (χ4v) is 2.77. The van der Waals surface area contributed by atoms with E-state index in [2.05, 4.69) is 13.2 Å². The first-order chi connectivity index (χ1) is 5.83. The van der Waals surface area contributed by atoms with Gasteiger partial charge in [-0.05, 0) is 31.1 Å². The second-order valence-electron chi connectivity index (χ2n) is 3.95. The van der Waals surface area contributed by atoms with Crippen LogP contribution in [-0.4, -0.2) is 6.61 Å². The molecule has 0 spiro atoms. The second-order valence-corrected chi connectivity index (χ2v) is 3.95. The maximum absolute atomic E-state index is 5.24. The number of ether oxygens (including phenoxy) is 1. The van der Waals surface area contributed by atoms with Crippen LogP contribution in [0.25, 0.3) is 0 Å². The molecule has 3 unspecified atom stereocenters. The van der Waals surface area contributed by atoms with E-state index < -0.39 is 0 Å². The third kappa shape index (κ3) is 1.08. The van der Waals surface area contributed by atoms with Crippen LogP contribution in [-0.2, 0) is 4.74 Å². The monoisotopic (exact) mass is 164 g/mol. The lowest BCUT2D eigenvalue weighted by Gasteiger charge is -2.19. The highest BCUT2D eigenvalue weighted by molar-refractivity contribution is 5.18. The van der Waals surface area contributed by atoms with E-state index in [1.807, 2.05) is 0 Å². The zero-order valence-electron chi connectivity index (χ0n) is 7.46. The second kappa shape index (κ2) is 2.96. The molecule has 2 aliphatic rings. The Balaban J connectivity index is 1.95. The lowest BCUT2D eigenvalue weighted by atomic mass is 9.89. The van der Waals surface area contributed by atoms with Crippen molar-refractivity contribution in [1.29, 1.82) is 0 Å². The first-order valence-electron chi connectivity index (χ1n) is 4.74. The normalized spacial score (nSPS) is 38.7. The summed E-state index contributed by atoms with van der Waals surface area (Å²) in [6.07, 6.45) is 5.56. The number of allylic oxidation sites excluding steroid dienone is 1.